The van der Waals surface area contributed by atoms with Gasteiger partial charge in [-0.05, 0) is 36.3 Å². The van der Waals surface area contributed by atoms with Crippen molar-refractivity contribution in [2.45, 2.75) is 12.8 Å². The standard InChI is InChI=1S/C16H16ClN/c1-13(11-14-5-3-2-4-6-14)18-16-9-7-15(12-17)8-10-16/h2-11,18H,12H2,1H3. The molecule has 2 heteroatoms. The number of nitrogens with one attached hydrogen (secondary N) is 1. The predicted molar refractivity (Wildman–Crippen MR) is 79.7 cm³/mol. The zero-order valence-electron chi connectivity index (χ0n) is 10.4. The molecule has 0 saturated carbocycles. The van der Waals surface area contributed by atoms with Crippen molar-refractivity contribution in [2.75, 3.05) is 5.32 Å². The Balaban J connectivity index is 2.06. The summed E-state index contributed by atoms with van der Waals surface area (Å²) in [5, 5.41) is 3.36. The van der Waals surface area contributed by atoms with E-state index in [4.69, 9.17) is 11.6 Å². The maximum Gasteiger partial charge on any atom is 0.0474 e. The number of alkyl halides is 1. The van der Waals surface area contributed by atoms with Crippen LogP contribution in [-0.2, 0) is 5.88 Å². The Bertz CT molecular complexity index is 515. The summed E-state index contributed by atoms with van der Waals surface area (Å²) in [5.41, 5.74) is 4.51. The zero-order valence-corrected chi connectivity index (χ0v) is 11.1. The van der Waals surface area contributed by atoms with E-state index < -0.39 is 0 Å². The molecule has 0 bridgehead atoms. The molecular weight excluding hydrogens is 242 g/mol. The lowest BCUT2D eigenvalue weighted by molar-refractivity contribution is 1.36. The van der Waals surface area contributed by atoms with Crippen LogP contribution in [0.2, 0.25) is 0 Å². The normalized spacial score (nSPS) is 11.3. The fourth-order valence-electron chi connectivity index (χ4n) is 1.74. The molecule has 0 aliphatic rings. The van der Waals surface area contributed by atoms with E-state index in [1.54, 1.807) is 0 Å². The van der Waals surface area contributed by atoms with Gasteiger partial charge in [-0.15, -0.1) is 11.6 Å². The molecule has 0 aromatic heterocycles. The second-order valence-corrected chi connectivity index (χ2v) is 4.46. The number of hydrogen-bond donors (Lipinski definition) is 1. The van der Waals surface area contributed by atoms with E-state index >= 15 is 0 Å². The third-order valence-electron chi connectivity index (χ3n) is 2.63. The molecule has 0 unspecified atom stereocenters. The quantitative estimate of drug-likeness (QED) is 0.769. The first-order valence-corrected chi connectivity index (χ1v) is 6.46. The Morgan fingerprint density at radius 3 is 2.33 bits per heavy atom. The minimum Gasteiger partial charge on any atom is -0.359 e. The molecule has 0 fully saturated rings. The second kappa shape index (κ2) is 6.27. The van der Waals surface area contributed by atoms with Crippen LogP contribution in [0.25, 0.3) is 6.08 Å². The van der Waals surface area contributed by atoms with Gasteiger partial charge in [0.25, 0.3) is 0 Å². The van der Waals surface area contributed by atoms with E-state index in [0.717, 1.165) is 16.9 Å². The lowest BCUT2D eigenvalue weighted by Crippen LogP contribution is -1.95. The van der Waals surface area contributed by atoms with E-state index in [-0.39, 0.29) is 0 Å². The van der Waals surface area contributed by atoms with Crippen LogP contribution in [0.5, 0.6) is 0 Å². The van der Waals surface area contributed by atoms with Crippen molar-refractivity contribution < 1.29 is 0 Å². The summed E-state index contributed by atoms with van der Waals surface area (Å²) in [5.74, 6) is 0.555. The molecule has 0 spiro atoms. The number of halogens is 1. The zero-order chi connectivity index (χ0) is 12.8. The Morgan fingerprint density at radius 1 is 1.06 bits per heavy atom. The van der Waals surface area contributed by atoms with Gasteiger partial charge in [-0.1, -0.05) is 42.5 Å². The summed E-state index contributed by atoms with van der Waals surface area (Å²) >= 11 is 5.76. The second-order valence-electron chi connectivity index (χ2n) is 4.19. The number of anilines is 1. The van der Waals surface area contributed by atoms with Gasteiger partial charge in [0.2, 0.25) is 0 Å². The first kappa shape index (κ1) is 12.7. The van der Waals surface area contributed by atoms with Crippen LogP contribution < -0.4 is 5.32 Å². The largest absolute Gasteiger partial charge is 0.359 e. The number of benzene rings is 2. The fourth-order valence-corrected chi connectivity index (χ4v) is 1.92. The lowest BCUT2D eigenvalue weighted by atomic mass is 10.2. The van der Waals surface area contributed by atoms with Gasteiger partial charge in [0.05, 0.1) is 0 Å². The van der Waals surface area contributed by atoms with Gasteiger partial charge in [-0.2, -0.15) is 0 Å². The number of hydrogen-bond acceptors (Lipinski definition) is 1. The highest BCUT2D eigenvalue weighted by Gasteiger charge is 1.94. The summed E-state index contributed by atoms with van der Waals surface area (Å²) in [6, 6.07) is 18.4. The molecule has 1 nitrogen and oxygen atoms in total. The Labute approximate surface area is 113 Å². The van der Waals surface area contributed by atoms with Crippen molar-refractivity contribution in [3.05, 3.63) is 71.4 Å². The first-order chi connectivity index (χ1) is 8.78. The van der Waals surface area contributed by atoms with Crippen molar-refractivity contribution in [3.8, 4) is 0 Å². The van der Waals surface area contributed by atoms with Crippen LogP contribution >= 0.6 is 11.6 Å². The minimum atomic E-state index is 0.555. The van der Waals surface area contributed by atoms with Crippen LogP contribution in [0.3, 0.4) is 0 Å². The number of allylic oxidation sites excluding steroid dienone is 1. The van der Waals surface area contributed by atoms with Crippen molar-refractivity contribution in [1.82, 2.24) is 0 Å². The molecule has 2 rings (SSSR count). The molecule has 18 heavy (non-hydrogen) atoms. The highest BCUT2D eigenvalue weighted by Crippen LogP contribution is 2.14. The average molecular weight is 258 g/mol. The maximum atomic E-state index is 5.76. The summed E-state index contributed by atoms with van der Waals surface area (Å²) in [6.07, 6.45) is 2.12. The Hall–Kier alpha value is -1.73. The molecule has 2 aromatic rings. The Kier molecular flexibility index (Phi) is 4.43. The van der Waals surface area contributed by atoms with Gasteiger partial charge in [-0.25, -0.2) is 0 Å². The summed E-state index contributed by atoms with van der Waals surface area (Å²) < 4.78 is 0. The summed E-state index contributed by atoms with van der Waals surface area (Å²) in [7, 11) is 0. The number of rotatable bonds is 4. The molecule has 0 aliphatic carbocycles. The van der Waals surface area contributed by atoms with Crippen LogP contribution in [0.1, 0.15) is 18.1 Å². The van der Waals surface area contributed by atoms with Crippen LogP contribution in [-0.4, -0.2) is 0 Å². The highest BCUT2D eigenvalue weighted by molar-refractivity contribution is 6.17. The highest BCUT2D eigenvalue weighted by atomic mass is 35.5. The molecule has 1 N–H and O–H groups in total. The van der Waals surface area contributed by atoms with E-state index in [9.17, 15) is 0 Å². The van der Waals surface area contributed by atoms with Crippen molar-refractivity contribution in [3.63, 3.8) is 0 Å². The molecule has 92 valence electrons. The van der Waals surface area contributed by atoms with E-state index in [1.165, 1.54) is 5.56 Å². The summed E-state index contributed by atoms with van der Waals surface area (Å²) in [6.45, 7) is 2.06. The van der Waals surface area contributed by atoms with Gasteiger partial charge in [0.15, 0.2) is 0 Å². The van der Waals surface area contributed by atoms with E-state index in [0.29, 0.717) is 5.88 Å². The van der Waals surface area contributed by atoms with E-state index in [2.05, 4.69) is 30.4 Å². The third-order valence-corrected chi connectivity index (χ3v) is 2.94. The third kappa shape index (κ3) is 3.64. The lowest BCUT2D eigenvalue weighted by Gasteiger charge is -2.07. The minimum absolute atomic E-state index is 0.555. The van der Waals surface area contributed by atoms with Gasteiger partial charge in [0.1, 0.15) is 0 Å². The average Bonchev–Trinajstić information content (AvgIpc) is 2.40. The first-order valence-electron chi connectivity index (χ1n) is 5.93. The predicted octanol–water partition coefficient (Wildman–Crippen LogP) is 4.90. The van der Waals surface area contributed by atoms with Crippen LogP contribution in [0.4, 0.5) is 5.69 Å². The molecule has 0 amide bonds. The molecule has 0 aliphatic heterocycles. The van der Waals surface area contributed by atoms with Crippen molar-refractivity contribution in [1.29, 1.82) is 0 Å². The van der Waals surface area contributed by atoms with E-state index in [1.807, 2.05) is 42.5 Å². The van der Waals surface area contributed by atoms with Crippen molar-refractivity contribution in [2.24, 2.45) is 0 Å². The smallest absolute Gasteiger partial charge is 0.0474 e. The molecular formula is C16H16ClN. The molecule has 0 atom stereocenters. The van der Waals surface area contributed by atoms with Gasteiger partial charge < -0.3 is 5.32 Å². The fraction of sp³-hybridized carbons (Fsp3) is 0.125. The van der Waals surface area contributed by atoms with Gasteiger partial charge >= 0.3 is 0 Å². The molecule has 0 heterocycles. The topological polar surface area (TPSA) is 12.0 Å². The summed E-state index contributed by atoms with van der Waals surface area (Å²) in [4.78, 5) is 0. The molecule has 2 aromatic carbocycles. The molecule has 0 radical (unpaired) electrons. The maximum absolute atomic E-state index is 5.76. The molecule has 0 saturated heterocycles. The monoisotopic (exact) mass is 257 g/mol. The van der Waals surface area contributed by atoms with Crippen LogP contribution in [0.15, 0.2) is 60.3 Å². The van der Waals surface area contributed by atoms with Gasteiger partial charge in [0, 0.05) is 17.3 Å². The Morgan fingerprint density at radius 2 is 1.72 bits per heavy atom. The SMILES string of the molecule is CC(=Cc1ccccc1)Nc1ccc(CCl)cc1. The van der Waals surface area contributed by atoms with Crippen LogP contribution in [0, 0.1) is 0 Å². The van der Waals surface area contributed by atoms with Gasteiger partial charge in [-0.3, -0.25) is 0 Å². The van der Waals surface area contributed by atoms with Crippen molar-refractivity contribution >= 4 is 23.4 Å².